The van der Waals surface area contributed by atoms with E-state index in [4.69, 9.17) is 0 Å². The van der Waals surface area contributed by atoms with Gasteiger partial charge in [-0.2, -0.15) is 0 Å². The van der Waals surface area contributed by atoms with Crippen LogP contribution in [-0.2, 0) is 6.42 Å². The monoisotopic (exact) mass is 366 g/mol. The maximum Gasteiger partial charge on any atom is 0.189 e. The molecule has 0 aliphatic heterocycles. The van der Waals surface area contributed by atoms with Crippen LogP contribution in [0, 0.1) is 6.92 Å². The minimum atomic E-state index is 0.0398. The SMILES string of the molecule is Cc1ccc(C(=O)C/C(=C2/CCc3ccccc3C2=O)c2ccccc2)cc1. The molecule has 2 heteroatoms. The van der Waals surface area contributed by atoms with Gasteiger partial charge in [0.15, 0.2) is 11.6 Å². The number of ketones is 2. The zero-order valence-electron chi connectivity index (χ0n) is 15.9. The van der Waals surface area contributed by atoms with Crippen molar-refractivity contribution in [2.75, 3.05) is 0 Å². The number of rotatable bonds is 4. The van der Waals surface area contributed by atoms with Gasteiger partial charge < -0.3 is 0 Å². The lowest BCUT2D eigenvalue weighted by molar-refractivity contribution is 0.0998. The van der Waals surface area contributed by atoms with Crippen LogP contribution in [0.25, 0.3) is 5.57 Å². The Hall–Kier alpha value is -3.26. The zero-order valence-corrected chi connectivity index (χ0v) is 15.9. The quantitative estimate of drug-likeness (QED) is 0.429. The molecule has 0 N–H and O–H groups in total. The molecular formula is C26H22O2. The minimum absolute atomic E-state index is 0.0398. The van der Waals surface area contributed by atoms with E-state index in [1.165, 1.54) is 0 Å². The zero-order chi connectivity index (χ0) is 19.5. The fourth-order valence-corrected chi connectivity index (χ4v) is 3.81. The lowest BCUT2D eigenvalue weighted by Gasteiger charge is -2.21. The number of hydrogen-bond acceptors (Lipinski definition) is 2. The molecule has 0 bridgehead atoms. The highest BCUT2D eigenvalue weighted by Crippen LogP contribution is 2.33. The molecule has 4 rings (SSSR count). The van der Waals surface area contributed by atoms with Gasteiger partial charge in [0.2, 0.25) is 0 Å². The Morgan fingerprint density at radius 2 is 1.46 bits per heavy atom. The molecule has 1 aliphatic carbocycles. The summed E-state index contributed by atoms with van der Waals surface area (Å²) in [6.07, 6.45) is 1.73. The van der Waals surface area contributed by atoms with E-state index in [1.807, 2.05) is 85.8 Å². The van der Waals surface area contributed by atoms with Crippen LogP contribution in [0.5, 0.6) is 0 Å². The largest absolute Gasteiger partial charge is 0.294 e. The second-order valence-corrected chi connectivity index (χ2v) is 7.28. The van der Waals surface area contributed by atoms with Crippen molar-refractivity contribution in [1.29, 1.82) is 0 Å². The molecule has 0 heterocycles. The third-order valence-corrected chi connectivity index (χ3v) is 5.38. The number of fused-ring (bicyclic) bond motifs is 1. The molecule has 138 valence electrons. The van der Waals surface area contributed by atoms with Crippen molar-refractivity contribution >= 4 is 17.1 Å². The van der Waals surface area contributed by atoms with E-state index in [9.17, 15) is 9.59 Å². The van der Waals surface area contributed by atoms with Crippen LogP contribution in [0.4, 0.5) is 0 Å². The van der Waals surface area contributed by atoms with Crippen molar-refractivity contribution in [2.45, 2.75) is 26.2 Å². The van der Waals surface area contributed by atoms with E-state index in [-0.39, 0.29) is 18.0 Å². The molecule has 0 saturated carbocycles. The molecule has 0 radical (unpaired) electrons. The van der Waals surface area contributed by atoms with E-state index in [0.29, 0.717) is 12.0 Å². The van der Waals surface area contributed by atoms with Crippen molar-refractivity contribution in [2.24, 2.45) is 0 Å². The van der Waals surface area contributed by atoms with Crippen LogP contribution in [-0.4, -0.2) is 11.6 Å². The second-order valence-electron chi connectivity index (χ2n) is 7.28. The predicted molar refractivity (Wildman–Crippen MR) is 113 cm³/mol. The highest BCUT2D eigenvalue weighted by Gasteiger charge is 2.26. The highest BCUT2D eigenvalue weighted by atomic mass is 16.1. The van der Waals surface area contributed by atoms with E-state index >= 15 is 0 Å². The Kier molecular flexibility index (Phi) is 5.03. The van der Waals surface area contributed by atoms with Gasteiger partial charge in [0, 0.05) is 23.1 Å². The highest BCUT2D eigenvalue weighted by molar-refractivity contribution is 6.17. The van der Waals surface area contributed by atoms with Crippen LogP contribution in [0.1, 0.15) is 50.2 Å². The molecule has 2 nitrogen and oxygen atoms in total. The first-order valence-electron chi connectivity index (χ1n) is 9.63. The summed E-state index contributed by atoms with van der Waals surface area (Å²) in [5.41, 5.74) is 6.23. The molecule has 3 aromatic rings. The lowest BCUT2D eigenvalue weighted by atomic mass is 9.81. The van der Waals surface area contributed by atoms with E-state index in [0.717, 1.165) is 39.8 Å². The first kappa shape index (κ1) is 18.1. The molecule has 0 aromatic heterocycles. The molecule has 0 unspecified atom stereocenters. The number of Topliss-reactive ketones (excluding diaryl/α,β-unsaturated/α-hetero) is 2. The lowest BCUT2D eigenvalue weighted by Crippen LogP contribution is -2.17. The molecule has 3 aromatic carbocycles. The van der Waals surface area contributed by atoms with Crippen molar-refractivity contribution in [3.63, 3.8) is 0 Å². The number of carbonyl (C=O) groups is 2. The Labute approximate surface area is 165 Å². The van der Waals surface area contributed by atoms with E-state index in [1.54, 1.807) is 0 Å². The summed E-state index contributed by atoms with van der Waals surface area (Å²) < 4.78 is 0. The molecule has 0 spiro atoms. The van der Waals surface area contributed by atoms with Crippen LogP contribution < -0.4 is 0 Å². The summed E-state index contributed by atoms with van der Waals surface area (Å²) >= 11 is 0. The van der Waals surface area contributed by atoms with Crippen molar-refractivity contribution in [3.8, 4) is 0 Å². The van der Waals surface area contributed by atoms with Crippen molar-refractivity contribution in [3.05, 3.63) is 112 Å². The Morgan fingerprint density at radius 3 is 2.21 bits per heavy atom. The summed E-state index contributed by atoms with van der Waals surface area (Å²) in [7, 11) is 0. The van der Waals surface area contributed by atoms with Gasteiger partial charge in [0.1, 0.15) is 0 Å². The Morgan fingerprint density at radius 1 is 0.786 bits per heavy atom. The maximum atomic E-state index is 13.2. The molecule has 0 amide bonds. The maximum absolute atomic E-state index is 13.2. The summed E-state index contributed by atoms with van der Waals surface area (Å²) in [6.45, 7) is 2.00. The number of aryl methyl sites for hydroxylation is 2. The van der Waals surface area contributed by atoms with E-state index in [2.05, 4.69) is 0 Å². The van der Waals surface area contributed by atoms with Crippen LogP contribution >= 0.6 is 0 Å². The van der Waals surface area contributed by atoms with Crippen LogP contribution in [0.2, 0.25) is 0 Å². The molecule has 1 aliphatic rings. The summed E-state index contributed by atoms with van der Waals surface area (Å²) in [5.74, 6) is 0.0930. The van der Waals surface area contributed by atoms with Gasteiger partial charge in [-0.05, 0) is 36.5 Å². The predicted octanol–water partition coefficient (Wildman–Crippen LogP) is 5.85. The third kappa shape index (κ3) is 3.59. The fraction of sp³-hybridized carbons (Fsp3) is 0.154. The number of benzene rings is 3. The third-order valence-electron chi connectivity index (χ3n) is 5.38. The van der Waals surface area contributed by atoms with Crippen molar-refractivity contribution in [1.82, 2.24) is 0 Å². The molecule has 0 fully saturated rings. The Balaban J connectivity index is 1.77. The first-order chi connectivity index (χ1) is 13.6. The molecule has 28 heavy (non-hydrogen) atoms. The number of allylic oxidation sites excluding steroid dienone is 2. The van der Waals surface area contributed by atoms with Gasteiger partial charge in [0.25, 0.3) is 0 Å². The summed E-state index contributed by atoms with van der Waals surface area (Å²) in [5, 5.41) is 0. The average Bonchev–Trinajstić information content (AvgIpc) is 2.74. The average molecular weight is 366 g/mol. The standard InChI is InChI=1S/C26H22O2/c1-18-11-13-21(14-12-18)25(27)17-24(19-7-3-2-4-8-19)23-16-15-20-9-5-6-10-22(20)26(23)28/h2-14H,15-17H2,1H3/b24-23+. The van der Waals surface area contributed by atoms with Crippen molar-refractivity contribution < 1.29 is 9.59 Å². The smallest absolute Gasteiger partial charge is 0.189 e. The topological polar surface area (TPSA) is 34.1 Å². The fourth-order valence-electron chi connectivity index (χ4n) is 3.81. The normalized spacial score (nSPS) is 15.1. The van der Waals surface area contributed by atoms with Crippen LogP contribution in [0.15, 0.2) is 84.4 Å². The first-order valence-corrected chi connectivity index (χ1v) is 9.63. The van der Waals surface area contributed by atoms with Gasteiger partial charge in [-0.25, -0.2) is 0 Å². The molecular weight excluding hydrogens is 344 g/mol. The number of hydrogen-bond donors (Lipinski definition) is 0. The molecule has 0 atom stereocenters. The minimum Gasteiger partial charge on any atom is -0.294 e. The summed E-state index contributed by atoms with van der Waals surface area (Å²) in [6, 6.07) is 25.2. The van der Waals surface area contributed by atoms with Gasteiger partial charge in [-0.15, -0.1) is 0 Å². The van der Waals surface area contributed by atoms with Gasteiger partial charge in [-0.1, -0.05) is 84.4 Å². The van der Waals surface area contributed by atoms with Gasteiger partial charge >= 0.3 is 0 Å². The Bertz CT molecular complexity index is 1060. The van der Waals surface area contributed by atoms with Gasteiger partial charge in [0.05, 0.1) is 0 Å². The molecule has 0 saturated heterocycles. The van der Waals surface area contributed by atoms with E-state index < -0.39 is 0 Å². The number of carbonyl (C=O) groups excluding carboxylic acids is 2. The van der Waals surface area contributed by atoms with Crippen LogP contribution in [0.3, 0.4) is 0 Å². The van der Waals surface area contributed by atoms with Gasteiger partial charge in [-0.3, -0.25) is 9.59 Å². The summed E-state index contributed by atoms with van der Waals surface area (Å²) in [4.78, 5) is 26.2. The second kappa shape index (κ2) is 7.77.